The molecule has 2 aromatic carbocycles. The summed E-state index contributed by atoms with van der Waals surface area (Å²) in [5.74, 6) is 1.01. The zero-order valence-electron chi connectivity index (χ0n) is 12.9. The SMILES string of the molecule is Nc1nc(NCc2ccccc2)cc(-c2csc3ccccc23)n1. The van der Waals surface area contributed by atoms with Gasteiger partial charge in [0.15, 0.2) is 0 Å². The van der Waals surface area contributed by atoms with Crippen LogP contribution in [0.3, 0.4) is 0 Å². The molecule has 0 aliphatic carbocycles. The van der Waals surface area contributed by atoms with Gasteiger partial charge in [-0.05, 0) is 11.6 Å². The van der Waals surface area contributed by atoms with Crippen LogP contribution in [0.25, 0.3) is 21.3 Å². The van der Waals surface area contributed by atoms with Crippen molar-refractivity contribution in [3.8, 4) is 11.3 Å². The fraction of sp³-hybridized carbons (Fsp3) is 0.0526. The summed E-state index contributed by atoms with van der Waals surface area (Å²) in [5.41, 5.74) is 9.04. The highest BCUT2D eigenvalue weighted by atomic mass is 32.1. The summed E-state index contributed by atoms with van der Waals surface area (Å²) >= 11 is 1.71. The molecule has 0 fully saturated rings. The summed E-state index contributed by atoms with van der Waals surface area (Å²) in [4.78, 5) is 8.71. The first kappa shape index (κ1) is 14.7. The van der Waals surface area contributed by atoms with Crippen molar-refractivity contribution in [2.75, 3.05) is 11.1 Å². The van der Waals surface area contributed by atoms with Crippen LogP contribution < -0.4 is 11.1 Å². The van der Waals surface area contributed by atoms with Crippen molar-refractivity contribution in [1.29, 1.82) is 0 Å². The van der Waals surface area contributed by atoms with Crippen molar-refractivity contribution in [1.82, 2.24) is 9.97 Å². The number of nitrogens with two attached hydrogens (primary N) is 1. The zero-order valence-corrected chi connectivity index (χ0v) is 13.8. The number of nitrogens with one attached hydrogen (secondary N) is 1. The first-order valence-corrected chi connectivity index (χ1v) is 8.56. The first-order chi connectivity index (χ1) is 11.8. The summed E-state index contributed by atoms with van der Waals surface area (Å²) in [6.07, 6.45) is 0. The van der Waals surface area contributed by atoms with Crippen molar-refractivity contribution in [2.24, 2.45) is 0 Å². The Morgan fingerprint density at radius 1 is 0.958 bits per heavy atom. The third-order valence-electron chi connectivity index (χ3n) is 3.82. The third kappa shape index (κ3) is 2.94. The van der Waals surface area contributed by atoms with Crippen molar-refractivity contribution < 1.29 is 0 Å². The highest BCUT2D eigenvalue weighted by molar-refractivity contribution is 7.17. The Morgan fingerprint density at radius 3 is 2.62 bits per heavy atom. The molecule has 0 aliphatic heterocycles. The Labute approximate surface area is 144 Å². The summed E-state index contributed by atoms with van der Waals surface area (Å²) in [6, 6.07) is 20.5. The second-order valence-electron chi connectivity index (χ2n) is 5.48. The second-order valence-corrected chi connectivity index (χ2v) is 6.39. The summed E-state index contributed by atoms with van der Waals surface area (Å²) < 4.78 is 1.24. The van der Waals surface area contributed by atoms with Crippen LogP contribution >= 0.6 is 11.3 Å². The molecule has 0 atom stereocenters. The molecule has 0 amide bonds. The van der Waals surface area contributed by atoms with Gasteiger partial charge in [-0.25, -0.2) is 4.98 Å². The molecule has 0 bridgehead atoms. The van der Waals surface area contributed by atoms with Gasteiger partial charge >= 0.3 is 0 Å². The Morgan fingerprint density at radius 2 is 1.75 bits per heavy atom. The van der Waals surface area contributed by atoms with Gasteiger partial charge in [0.05, 0.1) is 5.69 Å². The molecule has 0 saturated heterocycles. The lowest BCUT2D eigenvalue weighted by Gasteiger charge is -2.08. The molecule has 2 heterocycles. The van der Waals surface area contributed by atoms with Gasteiger partial charge in [0.25, 0.3) is 0 Å². The maximum absolute atomic E-state index is 5.92. The maximum atomic E-state index is 5.92. The Hall–Kier alpha value is -2.92. The van der Waals surface area contributed by atoms with Gasteiger partial charge in [-0.15, -0.1) is 11.3 Å². The minimum atomic E-state index is 0.276. The van der Waals surface area contributed by atoms with Crippen molar-refractivity contribution in [3.63, 3.8) is 0 Å². The lowest BCUT2D eigenvalue weighted by Crippen LogP contribution is -2.05. The van der Waals surface area contributed by atoms with Crippen LogP contribution in [0, 0.1) is 0 Å². The lowest BCUT2D eigenvalue weighted by molar-refractivity contribution is 1.09. The standard InChI is InChI=1S/C19H16N4S/c20-19-22-16(15-12-24-17-9-5-4-8-14(15)17)10-18(23-19)21-11-13-6-2-1-3-7-13/h1-10,12H,11H2,(H3,20,21,22,23). The number of benzene rings is 2. The van der Waals surface area contributed by atoms with Gasteiger partial charge in [-0.1, -0.05) is 48.5 Å². The zero-order chi connectivity index (χ0) is 16.4. The largest absolute Gasteiger partial charge is 0.368 e. The van der Waals surface area contributed by atoms with E-state index in [1.54, 1.807) is 11.3 Å². The molecule has 24 heavy (non-hydrogen) atoms. The number of thiophene rings is 1. The van der Waals surface area contributed by atoms with Crippen LogP contribution in [0.2, 0.25) is 0 Å². The first-order valence-electron chi connectivity index (χ1n) is 7.68. The maximum Gasteiger partial charge on any atom is 0.222 e. The summed E-state index contributed by atoms with van der Waals surface area (Å²) in [7, 11) is 0. The molecule has 3 N–H and O–H groups in total. The molecule has 0 spiro atoms. The fourth-order valence-corrected chi connectivity index (χ4v) is 3.61. The van der Waals surface area contributed by atoms with Gasteiger partial charge < -0.3 is 11.1 Å². The van der Waals surface area contributed by atoms with Gasteiger partial charge in [-0.3, -0.25) is 0 Å². The van der Waals surface area contributed by atoms with E-state index in [9.17, 15) is 0 Å². The van der Waals surface area contributed by atoms with E-state index < -0.39 is 0 Å². The van der Waals surface area contributed by atoms with E-state index in [0.717, 1.165) is 17.1 Å². The molecule has 4 aromatic rings. The molecular weight excluding hydrogens is 316 g/mol. The van der Waals surface area contributed by atoms with Gasteiger partial charge in [0, 0.05) is 33.6 Å². The number of nitrogen functional groups attached to an aromatic ring is 1. The van der Waals surface area contributed by atoms with Crippen molar-refractivity contribution >= 4 is 33.2 Å². The van der Waals surface area contributed by atoms with E-state index in [1.165, 1.54) is 15.6 Å². The smallest absolute Gasteiger partial charge is 0.222 e. The van der Waals surface area contributed by atoms with Crippen molar-refractivity contribution in [3.05, 3.63) is 71.6 Å². The fourth-order valence-electron chi connectivity index (χ4n) is 2.66. The van der Waals surface area contributed by atoms with Crippen LogP contribution in [-0.2, 0) is 6.54 Å². The molecule has 0 saturated carbocycles. The Bertz CT molecular complexity index is 979. The average Bonchev–Trinajstić information content (AvgIpc) is 3.05. The predicted octanol–water partition coefficient (Wildman–Crippen LogP) is 4.55. The molecule has 118 valence electrons. The molecule has 4 nitrogen and oxygen atoms in total. The number of nitrogens with zero attached hydrogens (tertiary/aromatic N) is 2. The number of fused-ring (bicyclic) bond motifs is 1. The normalized spacial score (nSPS) is 10.8. The van der Waals surface area contributed by atoms with E-state index in [1.807, 2.05) is 36.4 Å². The highest BCUT2D eigenvalue weighted by Crippen LogP contribution is 2.33. The van der Waals surface area contributed by atoms with E-state index in [-0.39, 0.29) is 5.95 Å². The number of anilines is 2. The van der Waals surface area contributed by atoms with Gasteiger partial charge in [0.2, 0.25) is 5.95 Å². The number of aromatic nitrogens is 2. The van der Waals surface area contributed by atoms with E-state index >= 15 is 0 Å². The van der Waals surface area contributed by atoms with Crippen LogP contribution in [0.5, 0.6) is 0 Å². The number of rotatable bonds is 4. The van der Waals surface area contributed by atoms with Gasteiger partial charge in [0.1, 0.15) is 5.82 Å². The molecule has 5 heteroatoms. The molecule has 0 unspecified atom stereocenters. The molecule has 4 rings (SSSR count). The van der Waals surface area contributed by atoms with Gasteiger partial charge in [-0.2, -0.15) is 4.98 Å². The quantitative estimate of drug-likeness (QED) is 0.575. The third-order valence-corrected chi connectivity index (χ3v) is 4.78. The summed E-state index contributed by atoms with van der Waals surface area (Å²) in [6.45, 7) is 0.696. The van der Waals surface area contributed by atoms with Crippen LogP contribution in [0.1, 0.15) is 5.56 Å². The predicted molar refractivity (Wildman–Crippen MR) is 101 cm³/mol. The highest BCUT2D eigenvalue weighted by Gasteiger charge is 2.10. The van der Waals surface area contributed by atoms with Crippen molar-refractivity contribution in [2.45, 2.75) is 6.54 Å². The minimum absolute atomic E-state index is 0.276. The van der Waals surface area contributed by atoms with Crippen LogP contribution in [-0.4, -0.2) is 9.97 Å². The number of hydrogen-bond acceptors (Lipinski definition) is 5. The topological polar surface area (TPSA) is 63.8 Å². The van der Waals surface area contributed by atoms with Crippen LogP contribution in [0.15, 0.2) is 66.0 Å². The monoisotopic (exact) mass is 332 g/mol. The number of hydrogen-bond donors (Lipinski definition) is 2. The molecule has 0 radical (unpaired) electrons. The molecular formula is C19H16N4S. The molecule has 2 aromatic heterocycles. The second kappa shape index (κ2) is 6.29. The van der Waals surface area contributed by atoms with E-state index in [0.29, 0.717) is 6.54 Å². The lowest BCUT2D eigenvalue weighted by atomic mass is 10.1. The average molecular weight is 332 g/mol. The Kier molecular flexibility index (Phi) is 3.84. The van der Waals surface area contributed by atoms with Crippen LogP contribution in [0.4, 0.5) is 11.8 Å². The van der Waals surface area contributed by atoms with E-state index in [2.05, 4.69) is 44.9 Å². The minimum Gasteiger partial charge on any atom is -0.368 e. The summed E-state index contributed by atoms with van der Waals surface area (Å²) in [5, 5.41) is 6.63. The molecule has 0 aliphatic rings. The van der Waals surface area contributed by atoms with E-state index in [4.69, 9.17) is 5.73 Å². The Balaban J connectivity index is 1.66.